The molecule has 1 spiro atoms. The molecular formula is C25H25FN4O3S. The van der Waals surface area contributed by atoms with E-state index in [1.165, 1.54) is 17.4 Å². The number of rotatable bonds is 6. The number of nitrogens with one attached hydrogen (secondary N) is 1. The molecule has 7 nitrogen and oxygen atoms in total. The number of hydrogen-bond donors (Lipinski definition) is 1. The molecule has 176 valence electrons. The summed E-state index contributed by atoms with van der Waals surface area (Å²) in [4.78, 5) is 33.1. The van der Waals surface area contributed by atoms with Crippen molar-refractivity contribution in [1.82, 2.24) is 14.8 Å². The molecule has 0 radical (unpaired) electrons. The minimum atomic E-state index is -0.574. The summed E-state index contributed by atoms with van der Waals surface area (Å²) in [6.07, 6.45) is 0.858. The highest BCUT2D eigenvalue weighted by atomic mass is 32.1. The van der Waals surface area contributed by atoms with Crippen LogP contribution >= 0.6 is 11.3 Å². The molecule has 0 bridgehead atoms. The van der Waals surface area contributed by atoms with Gasteiger partial charge in [-0.15, -0.1) is 11.3 Å². The van der Waals surface area contributed by atoms with Gasteiger partial charge in [0.25, 0.3) is 0 Å². The molecule has 5 rings (SSSR count). The number of benzene rings is 2. The molecule has 2 fully saturated rings. The van der Waals surface area contributed by atoms with Gasteiger partial charge in [0.2, 0.25) is 5.91 Å². The summed E-state index contributed by atoms with van der Waals surface area (Å²) in [7, 11) is 0. The number of anilines is 1. The summed E-state index contributed by atoms with van der Waals surface area (Å²) in [6.45, 7) is 2.16. The molecule has 0 atom stereocenters. The first-order valence-corrected chi connectivity index (χ1v) is 12.1. The summed E-state index contributed by atoms with van der Waals surface area (Å²) in [5, 5.41) is 5.39. The predicted octanol–water partition coefficient (Wildman–Crippen LogP) is 4.37. The number of amides is 2. The molecule has 0 unspecified atom stereocenters. The molecule has 3 aromatic rings. The highest BCUT2D eigenvalue weighted by Gasteiger charge is 2.47. The highest BCUT2D eigenvalue weighted by molar-refractivity contribution is 7.14. The summed E-state index contributed by atoms with van der Waals surface area (Å²) in [6, 6.07) is 16.3. The maximum Gasteiger partial charge on any atom is 0.410 e. The third-order valence-electron chi connectivity index (χ3n) is 6.31. The molecule has 0 aliphatic carbocycles. The number of carbonyl (C=O) groups excluding carboxylic acids is 2. The van der Waals surface area contributed by atoms with Gasteiger partial charge in [-0.1, -0.05) is 48.5 Å². The molecule has 9 heteroatoms. The first-order valence-electron chi connectivity index (χ1n) is 11.2. The van der Waals surface area contributed by atoms with Crippen LogP contribution in [0.25, 0.3) is 11.3 Å². The number of carbonyl (C=O) groups is 2. The normalized spacial score (nSPS) is 17.7. The second-order valence-electron chi connectivity index (χ2n) is 8.73. The van der Waals surface area contributed by atoms with Crippen molar-refractivity contribution < 1.29 is 18.7 Å². The largest absolute Gasteiger partial charge is 0.441 e. The first-order chi connectivity index (χ1) is 16.5. The summed E-state index contributed by atoms with van der Waals surface area (Å²) >= 11 is 1.40. The van der Waals surface area contributed by atoms with Crippen molar-refractivity contribution in [3.05, 3.63) is 71.4 Å². The Morgan fingerprint density at radius 2 is 1.85 bits per heavy atom. The van der Waals surface area contributed by atoms with Gasteiger partial charge in [-0.25, -0.2) is 14.2 Å². The average Bonchev–Trinajstić information content (AvgIpc) is 3.42. The lowest BCUT2D eigenvalue weighted by Gasteiger charge is -2.37. The summed E-state index contributed by atoms with van der Waals surface area (Å²) in [5.74, 6) is -0.442. The summed E-state index contributed by atoms with van der Waals surface area (Å²) < 4.78 is 19.7. The first kappa shape index (κ1) is 22.5. The Labute approximate surface area is 201 Å². The molecule has 1 N–H and O–H groups in total. The molecule has 2 aliphatic rings. The Balaban J connectivity index is 1.12. The maximum absolute atomic E-state index is 14.0. The minimum Gasteiger partial charge on any atom is -0.441 e. The van der Waals surface area contributed by atoms with Gasteiger partial charge in [0.1, 0.15) is 11.4 Å². The highest BCUT2D eigenvalue weighted by Crippen LogP contribution is 2.34. The Bertz CT molecular complexity index is 1180. The van der Waals surface area contributed by atoms with E-state index < -0.39 is 11.7 Å². The van der Waals surface area contributed by atoms with E-state index in [0.717, 1.165) is 11.3 Å². The van der Waals surface area contributed by atoms with Gasteiger partial charge in [0.05, 0.1) is 25.3 Å². The lowest BCUT2D eigenvalue weighted by molar-refractivity contribution is -0.118. The zero-order chi connectivity index (χ0) is 23.5. The standard InChI is InChI=1S/C25H25FN4O3S/c26-20-9-5-4-8-19(20)14-30-17-25(33-24(30)32)10-12-29(13-11-25)15-22(31)28-23-27-21(16-34-23)18-6-2-1-3-7-18/h1-9,16H,10-15,17H2,(H,27,28,31). The number of ether oxygens (including phenoxy) is 1. The van der Waals surface area contributed by atoms with E-state index >= 15 is 0 Å². The molecule has 2 amide bonds. The van der Waals surface area contributed by atoms with Crippen LogP contribution in [0, 0.1) is 5.82 Å². The van der Waals surface area contributed by atoms with Gasteiger partial charge in [-0.2, -0.15) is 0 Å². The van der Waals surface area contributed by atoms with Crippen LogP contribution in [0.5, 0.6) is 0 Å². The van der Waals surface area contributed by atoms with Crippen LogP contribution in [0.15, 0.2) is 60.0 Å². The SMILES string of the molecule is O=C(CN1CCC2(CC1)CN(Cc1ccccc1F)C(=O)O2)Nc1nc(-c2ccccc2)cs1. The van der Waals surface area contributed by atoms with Crippen molar-refractivity contribution in [2.24, 2.45) is 0 Å². The van der Waals surface area contributed by atoms with Gasteiger partial charge in [-0.3, -0.25) is 14.6 Å². The number of piperidine rings is 1. The number of likely N-dealkylation sites (tertiary alicyclic amines) is 1. The van der Waals surface area contributed by atoms with Crippen LogP contribution in [0.4, 0.5) is 14.3 Å². The number of nitrogens with zero attached hydrogens (tertiary/aromatic N) is 3. The van der Waals surface area contributed by atoms with Gasteiger partial charge in [-0.05, 0) is 6.07 Å². The quantitative estimate of drug-likeness (QED) is 0.567. The van der Waals surface area contributed by atoms with E-state index in [9.17, 15) is 14.0 Å². The van der Waals surface area contributed by atoms with E-state index in [2.05, 4.69) is 15.2 Å². The average molecular weight is 481 g/mol. The fourth-order valence-corrected chi connectivity index (χ4v) is 5.20. The van der Waals surface area contributed by atoms with Crippen LogP contribution in [0.1, 0.15) is 18.4 Å². The van der Waals surface area contributed by atoms with Crippen molar-refractivity contribution in [2.75, 3.05) is 31.5 Å². The topological polar surface area (TPSA) is 74.8 Å². The fraction of sp³-hybridized carbons (Fsp3) is 0.320. The van der Waals surface area contributed by atoms with Gasteiger partial charge in [0.15, 0.2) is 5.13 Å². The molecule has 1 aromatic heterocycles. The Hall–Kier alpha value is -3.30. The molecular weight excluding hydrogens is 455 g/mol. The number of thiazole rings is 1. The van der Waals surface area contributed by atoms with Crippen molar-refractivity contribution >= 4 is 28.5 Å². The van der Waals surface area contributed by atoms with Crippen LogP contribution < -0.4 is 5.32 Å². The minimum absolute atomic E-state index is 0.116. The van der Waals surface area contributed by atoms with Crippen molar-refractivity contribution in [3.63, 3.8) is 0 Å². The fourth-order valence-electron chi connectivity index (χ4n) is 4.46. The Morgan fingerprint density at radius 3 is 2.62 bits per heavy atom. The van der Waals surface area contributed by atoms with Gasteiger partial charge in [0, 0.05) is 42.4 Å². The molecule has 3 heterocycles. The zero-order valence-electron chi connectivity index (χ0n) is 18.6. The van der Waals surface area contributed by atoms with Crippen molar-refractivity contribution in [3.8, 4) is 11.3 Å². The number of halogens is 1. The monoisotopic (exact) mass is 480 g/mol. The van der Waals surface area contributed by atoms with Crippen molar-refractivity contribution in [1.29, 1.82) is 0 Å². The predicted molar refractivity (Wildman–Crippen MR) is 128 cm³/mol. The van der Waals surface area contributed by atoms with Crippen LogP contribution in [-0.4, -0.2) is 58.6 Å². The van der Waals surface area contributed by atoms with E-state index in [1.54, 1.807) is 23.1 Å². The number of aromatic nitrogens is 1. The maximum atomic E-state index is 14.0. The van der Waals surface area contributed by atoms with Crippen LogP contribution in [-0.2, 0) is 16.1 Å². The molecule has 2 aliphatic heterocycles. The number of hydrogen-bond acceptors (Lipinski definition) is 6. The van der Waals surface area contributed by atoms with Crippen LogP contribution in [0.2, 0.25) is 0 Å². The Kier molecular flexibility index (Phi) is 6.30. The lowest BCUT2D eigenvalue weighted by atomic mass is 9.91. The van der Waals surface area contributed by atoms with Gasteiger partial charge >= 0.3 is 6.09 Å². The third kappa shape index (κ3) is 4.95. The third-order valence-corrected chi connectivity index (χ3v) is 7.07. The Morgan fingerprint density at radius 1 is 1.12 bits per heavy atom. The molecule has 2 saturated heterocycles. The van der Waals surface area contributed by atoms with Crippen LogP contribution in [0.3, 0.4) is 0 Å². The zero-order valence-corrected chi connectivity index (χ0v) is 19.4. The van der Waals surface area contributed by atoms with E-state index in [4.69, 9.17) is 4.74 Å². The van der Waals surface area contributed by atoms with E-state index in [-0.39, 0.29) is 24.8 Å². The van der Waals surface area contributed by atoms with E-state index in [1.807, 2.05) is 35.7 Å². The molecule has 0 saturated carbocycles. The second kappa shape index (κ2) is 9.52. The summed E-state index contributed by atoms with van der Waals surface area (Å²) in [5.41, 5.74) is 1.75. The molecule has 34 heavy (non-hydrogen) atoms. The van der Waals surface area contributed by atoms with Crippen molar-refractivity contribution in [2.45, 2.75) is 25.0 Å². The smallest absolute Gasteiger partial charge is 0.410 e. The van der Waals surface area contributed by atoms with Gasteiger partial charge < -0.3 is 10.1 Å². The molecule has 2 aromatic carbocycles. The van der Waals surface area contributed by atoms with E-state index in [0.29, 0.717) is 43.2 Å². The second-order valence-corrected chi connectivity index (χ2v) is 9.58. The lowest BCUT2D eigenvalue weighted by Crippen LogP contribution is -2.48.